The molecule has 0 amide bonds. The highest BCUT2D eigenvalue weighted by atomic mass is 16.5. The molecule has 0 aromatic rings. The SMILES string of the molecule is CC.CCOC1CCC2(C)C(CCC3C2CCC2(C)C(C(C)CCCC(C)C)CCC32)C1. The Morgan fingerprint density at radius 1 is 0.812 bits per heavy atom. The molecule has 0 bridgehead atoms. The van der Waals surface area contributed by atoms with Crippen molar-refractivity contribution in [2.24, 2.45) is 52.3 Å². The molecule has 4 fully saturated rings. The molecule has 0 radical (unpaired) electrons. The molecule has 9 unspecified atom stereocenters. The van der Waals surface area contributed by atoms with Gasteiger partial charge in [0.15, 0.2) is 0 Å². The summed E-state index contributed by atoms with van der Waals surface area (Å²) in [4.78, 5) is 0. The van der Waals surface area contributed by atoms with Gasteiger partial charge in [0.25, 0.3) is 0 Å². The lowest BCUT2D eigenvalue weighted by molar-refractivity contribution is -0.136. The minimum absolute atomic E-state index is 0.557. The highest BCUT2D eigenvalue weighted by Gasteiger charge is 2.60. The Balaban J connectivity index is 0.00000141. The van der Waals surface area contributed by atoms with Crippen molar-refractivity contribution in [2.45, 2.75) is 139 Å². The maximum Gasteiger partial charge on any atom is 0.0578 e. The smallest absolute Gasteiger partial charge is 0.0578 e. The van der Waals surface area contributed by atoms with Gasteiger partial charge in [-0.1, -0.05) is 67.7 Å². The molecule has 0 saturated heterocycles. The number of hydrogen-bond donors (Lipinski definition) is 0. The van der Waals surface area contributed by atoms with Gasteiger partial charge in [-0.25, -0.2) is 0 Å². The third kappa shape index (κ3) is 4.99. The molecule has 188 valence electrons. The lowest BCUT2D eigenvalue weighted by Gasteiger charge is -2.61. The predicted molar refractivity (Wildman–Crippen MR) is 140 cm³/mol. The average Bonchev–Trinajstić information content (AvgIpc) is 3.12. The zero-order chi connectivity index (χ0) is 23.5. The van der Waals surface area contributed by atoms with Crippen LogP contribution in [0.3, 0.4) is 0 Å². The van der Waals surface area contributed by atoms with Crippen molar-refractivity contribution in [3.05, 3.63) is 0 Å². The summed E-state index contributed by atoms with van der Waals surface area (Å²) < 4.78 is 6.09. The fraction of sp³-hybridized carbons (Fsp3) is 1.00. The van der Waals surface area contributed by atoms with Crippen molar-refractivity contribution in [3.63, 3.8) is 0 Å². The zero-order valence-corrected chi connectivity index (χ0v) is 23.2. The topological polar surface area (TPSA) is 9.23 Å². The van der Waals surface area contributed by atoms with Crippen LogP contribution in [0.25, 0.3) is 0 Å². The van der Waals surface area contributed by atoms with Crippen LogP contribution in [0.4, 0.5) is 0 Å². The summed E-state index contributed by atoms with van der Waals surface area (Å²) in [5.41, 5.74) is 1.25. The second kappa shape index (κ2) is 11.1. The maximum absolute atomic E-state index is 6.09. The van der Waals surface area contributed by atoms with Crippen LogP contribution in [-0.2, 0) is 4.74 Å². The number of rotatable bonds is 7. The molecular weight excluding hydrogens is 388 g/mol. The largest absolute Gasteiger partial charge is 0.378 e. The van der Waals surface area contributed by atoms with Gasteiger partial charge in [0.05, 0.1) is 6.10 Å². The first-order valence-electron chi connectivity index (χ1n) is 14.9. The van der Waals surface area contributed by atoms with Gasteiger partial charge in [-0.15, -0.1) is 0 Å². The molecule has 1 nitrogen and oxygen atoms in total. The first-order chi connectivity index (χ1) is 15.3. The second-order valence-corrected chi connectivity index (χ2v) is 13.0. The molecule has 0 aliphatic heterocycles. The summed E-state index contributed by atoms with van der Waals surface area (Å²) in [5, 5.41) is 0. The Hall–Kier alpha value is -0.0400. The van der Waals surface area contributed by atoms with E-state index in [9.17, 15) is 0 Å². The summed E-state index contributed by atoms with van der Waals surface area (Å²) in [6, 6.07) is 0. The molecule has 0 heterocycles. The van der Waals surface area contributed by atoms with Crippen molar-refractivity contribution in [2.75, 3.05) is 6.61 Å². The maximum atomic E-state index is 6.09. The molecule has 0 aromatic carbocycles. The molecular formula is C31H58O. The van der Waals surface area contributed by atoms with Gasteiger partial charge in [-0.3, -0.25) is 0 Å². The van der Waals surface area contributed by atoms with E-state index in [1.807, 2.05) is 13.8 Å². The van der Waals surface area contributed by atoms with Crippen LogP contribution in [-0.4, -0.2) is 12.7 Å². The van der Waals surface area contributed by atoms with E-state index in [-0.39, 0.29) is 0 Å². The third-order valence-electron chi connectivity index (χ3n) is 11.2. The molecule has 4 aliphatic rings. The quantitative estimate of drug-likeness (QED) is 0.378. The van der Waals surface area contributed by atoms with Gasteiger partial charge in [-0.05, 0) is 117 Å². The second-order valence-electron chi connectivity index (χ2n) is 13.0. The number of fused-ring (bicyclic) bond motifs is 5. The van der Waals surface area contributed by atoms with Gasteiger partial charge < -0.3 is 4.74 Å². The Morgan fingerprint density at radius 2 is 1.50 bits per heavy atom. The van der Waals surface area contributed by atoms with Gasteiger partial charge in [-0.2, -0.15) is 0 Å². The van der Waals surface area contributed by atoms with Crippen molar-refractivity contribution >= 4 is 0 Å². The highest BCUT2D eigenvalue weighted by Crippen LogP contribution is 2.68. The minimum Gasteiger partial charge on any atom is -0.378 e. The number of ether oxygens (including phenoxy) is 1. The summed E-state index contributed by atoms with van der Waals surface area (Å²) in [7, 11) is 0. The van der Waals surface area contributed by atoms with E-state index in [0.717, 1.165) is 48.0 Å². The Kier molecular flexibility index (Phi) is 9.24. The fourth-order valence-corrected chi connectivity index (χ4v) is 9.63. The molecule has 0 N–H and O–H groups in total. The van der Waals surface area contributed by atoms with E-state index in [4.69, 9.17) is 4.74 Å². The van der Waals surface area contributed by atoms with Crippen molar-refractivity contribution < 1.29 is 4.74 Å². The summed E-state index contributed by atoms with van der Waals surface area (Å²) in [5.74, 6) is 6.79. The minimum atomic E-state index is 0.557. The standard InChI is InChI=1S/C29H52O.C2H6/c1-7-30-23-15-17-28(5)22(19-23)11-12-24-26-14-13-25(21(4)10-8-9-20(2)3)29(26,6)18-16-27(24)28;1-2/h20-27H,7-19H2,1-6H3;1-2H3. The lowest BCUT2D eigenvalue weighted by Crippen LogP contribution is -2.54. The van der Waals surface area contributed by atoms with Crippen LogP contribution in [0.15, 0.2) is 0 Å². The lowest BCUT2D eigenvalue weighted by atomic mass is 9.44. The first kappa shape index (κ1) is 26.6. The fourth-order valence-electron chi connectivity index (χ4n) is 9.63. The molecule has 1 heteroatoms. The van der Waals surface area contributed by atoms with Gasteiger partial charge in [0.2, 0.25) is 0 Å². The van der Waals surface area contributed by atoms with E-state index in [0.29, 0.717) is 16.9 Å². The van der Waals surface area contributed by atoms with Crippen LogP contribution in [0.2, 0.25) is 0 Å². The molecule has 9 atom stereocenters. The normalized spacial score (nSPS) is 44.2. The van der Waals surface area contributed by atoms with Crippen molar-refractivity contribution in [1.82, 2.24) is 0 Å². The van der Waals surface area contributed by atoms with Gasteiger partial charge in [0.1, 0.15) is 0 Å². The molecule has 0 spiro atoms. The van der Waals surface area contributed by atoms with Crippen LogP contribution < -0.4 is 0 Å². The molecule has 0 aromatic heterocycles. The molecule has 32 heavy (non-hydrogen) atoms. The van der Waals surface area contributed by atoms with Gasteiger partial charge in [0, 0.05) is 6.61 Å². The van der Waals surface area contributed by atoms with Crippen LogP contribution in [0.1, 0.15) is 132 Å². The van der Waals surface area contributed by atoms with Crippen LogP contribution >= 0.6 is 0 Å². The first-order valence-corrected chi connectivity index (χ1v) is 14.9. The van der Waals surface area contributed by atoms with Crippen LogP contribution in [0, 0.1) is 52.3 Å². The Labute approximate surface area is 202 Å². The van der Waals surface area contributed by atoms with E-state index >= 15 is 0 Å². The Morgan fingerprint density at radius 3 is 2.19 bits per heavy atom. The molecule has 4 saturated carbocycles. The molecule has 4 rings (SSSR count). The van der Waals surface area contributed by atoms with Gasteiger partial charge >= 0.3 is 0 Å². The average molecular weight is 447 g/mol. The van der Waals surface area contributed by atoms with Crippen LogP contribution in [0.5, 0.6) is 0 Å². The summed E-state index contributed by atoms with van der Waals surface area (Å²) in [6.45, 7) is 19.9. The summed E-state index contributed by atoms with van der Waals surface area (Å²) >= 11 is 0. The highest BCUT2D eigenvalue weighted by molar-refractivity contribution is 5.09. The van der Waals surface area contributed by atoms with E-state index in [2.05, 4.69) is 41.5 Å². The summed E-state index contributed by atoms with van der Waals surface area (Å²) in [6.07, 6.45) is 18.1. The monoisotopic (exact) mass is 446 g/mol. The number of hydrogen-bond acceptors (Lipinski definition) is 1. The molecule has 4 aliphatic carbocycles. The van der Waals surface area contributed by atoms with Crippen molar-refractivity contribution in [1.29, 1.82) is 0 Å². The third-order valence-corrected chi connectivity index (χ3v) is 11.2. The van der Waals surface area contributed by atoms with E-state index in [1.54, 1.807) is 6.42 Å². The Bertz CT molecular complexity index is 569. The van der Waals surface area contributed by atoms with E-state index < -0.39 is 0 Å². The van der Waals surface area contributed by atoms with E-state index in [1.165, 1.54) is 70.6 Å². The zero-order valence-electron chi connectivity index (χ0n) is 23.2. The predicted octanol–water partition coefficient (Wildman–Crippen LogP) is 9.54. The van der Waals surface area contributed by atoms with Crippen molar-refractivity contribution in [3.8, 4) is 0 Å².